The first-order chi connectivity index (χ1) is 24.3. The third kappa shape index (κ3) is 3.87. The van der Waals surface area contributed by atoms with Gasteiger partial charge in [-0.15, -0.1) is 0 Å². The Balaban J connectivity index is 1.24. The Morgan fingerprint density at radius 3 is 1.59 bits per heavy atom. The summed E-state index contributed by atoms with van der Waals surface area (Å²) in [5, 5.41) is 14.9. The Hall–Kier alpha value is -6.44. The van der Waals surface area contributed by atoms with E-state index < -0.39 is 0 Å². The second-order valence-corrected chi connectivity index (χ2v) is 13.2. The van der Waals surface area contributed by atoms with Crippen molar-refractivity contribution in [2.24, 2.45) is 0 Å². The molecule has 0 bridgehead atoms. The van der Waals surface area contributed by atoms with Crippen LogP contribution < -0.4 is 0 Å². The average molecular weight is 621 g/mol. The summed E-state index contributed by atoms with van der Waals surface area (Å²) < 4.78 is 6.91. The lowest BCUT2D eigenvalue weighted by atomic mass is 9.86. The van der Waals surface area contributed by atoms with E-state index in [1.807, 2.05) is 0 Å². The molecule has 1 aromatic heterocycles. The molecular weight excluding hydrogens is 593 g/mol. The zero-order chi connectivity index (χ0) is 32.1. The number of hydrogen-bond donors (Lipinski definition) is 0. The monoisotopic (exact) mass is 620 g/mol. The Morgan fingerprint density at radius 2 is 0.837 bits per heavy atom. The molecule has 1 heteroatoms. The summed E-state index contributed by atoms with van der Waals surface area (Å²) in [6, 6.07) is 62.0. The van der Waals surface area contributed by atoms with Crippen molar-refractivity contribution >= 4 is 75.8 Å². The molecule has 0 aliphatic carbocycles. The molecule has 0 saturated carbocycles. The topological polar surface area (TPSA) is 13.1 Å². The van der Waals surface area contributed by atoms with Gasteiger partial charge in [0.15, 0.2) is 0 Å². The van der Waals surface area contributed by atoms with Crippen molar-refractivity contribution in [3.8, 4) is 33.4 Å². The minimum absolute atomic E-state index is 0.911. The van der Waals surface area contributed by atoms with Crippen LogP contribution in [0.15, 0.2) is 174 Å². The fourth-order valence-corrected chi connectivity index (χ4v) is 8.28. The molecule has 0 aliphatic rings. The van der Waals surface area contributed by atoms with Gasteiger partial charge in [0.1, 0.15) is 11.2 Å². The first-order valence-electron chi connectivity index (χ1n) is 16.9. The second kappa shape index (κ2) is 10.0. The highest BCUT2D eigenvalue weighted by Gasteiger charge is 2.21. The maximum atomic E-state index is 6.91. The Bertz CT molecular complexity index is 3090. The summed E-state index contributed by atoms with van der Waals surface area (Å²) in [5.74, 6) is 0. The van der Waals surface area contributed by atoms with Gasteiger partial charge in [-0.05, 0) is 106 Å². The van der Waals surface area contributed by atoms with E-state index in [2.05, 4.69) is 170 Å². The summed E-state index contributed by atoms with van der Waals surface area (Å²) in [6.45, 7) is 0. The quantitative estimate of drug-likeness (QED) is 0.179. The predicted molar refractivity (Wildman–Crippen MR) is 209 cm³/mol. The molecule has 0 amide bonds. The number of furan rings is 1. The lowest BCUT2D eigenvalue weighted by Gasteiger charge is -2.17. The van der Waals surface area contributed by atoms with E-state index in [9.17, 15) is 0 Å². The van der Waals surface area contributed by atoms with Gasteiger partial charge in [-0.25, -0.2) is 0 Å². The summed E-state index contributed by atoms with van der Waals surface area (Å²) in [6.07, 6.45) is 0. The summed E-state index contributed by atoms with van der Waals surface area (Å²) in [5.41, 5.74) is 9.01. The molecule has 0 saturated heterocycles. The zero-order valence-electron chi connectivity index (χ0n) is 26.6. The van der Waals surface area contributed by atoms with Gasteiger partial charge in [-0.3, -0.25) is 0 Å². The summed E-state index contributed by atoms with van der Waals surface area (Å²) in [7, 11) is 0. The van der Waals surface area contributed by atoms with Gasteiger partial charge in [0.05, 0.1) is 0 Å². The van der Waals surface area contributed by atoms with E-state index >= 15 is 0 Å². The van der Waals surface area contributed by atoms with Crippen LogP contribution in [0.5, 0.6) is 0 Å². The summed E-state index contributed by atoms with van der Waals surface area (Å²) >= 11 is 0. The van der Waals surface area contributed by atoms with E-state index in [1.54, 1.807) is 0 Å². The van der Waals surface area contributed by atoms with E-state index in [-0.39, 0.29) is 0 Å². The molecule has 10 aromatic carbocycles. The molecule has 1 nitrogen and oxygen atoms in total. The highest BCUT2D eigenvalue weighted by atomic mass is 16.3. The maximum Gasteiger partial charge on any atom is 0.143 e. The van der Waals surface area contributed by atoms with Gasteiger partial charge in [-0.1, -0.05) is 146 Å². The van der Waals surface area contributed by atoms with Crippen molar-refractivity contribution in [1.29, 1.82) is 0 Å². The van der Waals surface area contributed by atoms with Crippen molar-refractivity contribution < 1.29 is 4.42 Å². The number of hydrogen-bond acceptors (Lipinski definition) is 1. The van der Waals surface area contributed by atoms with Crippen molar-refractivity contribution in [2.45, 2.75) is 0 Å². The van der Waals surface area contributed by atoms with Gasteiger partial charge in [0, 0.05) is 16.3 Å². The maximum absolute atomic E-state index is 6.91. The van der Waals surface area contributed by atoms with Crippen molar-refractivity contribution in [1.82, 2.24) is 0 Å². The summed E-state index contributed by atoms with van der Waals surface area (Å²) in [4.78, 5) is 0. The van der Waals surface area contributed by atoms with Crippen LogP contribution in [-0.2, 0) is 0 Å². The smallest absolute Gasteiger partial charge is 0.143 e. The van der Waals surface area contributed by atoms with E-state index in [1.165, 1.54) is 76.1 Å². The molecule has 0 aliphatic heterocycles. The van der Waals surface area contributed by atoms with Crippen LogP contribution in [0.4, 0.5) is 0 Å². The Morgan fingerprint density at radius 1 is 0.286 bits per heavy atom. The molecule has 0 radical (unpaired) electrons. The van der Waals surface area contributed by atoms with E-state index in [0.29, 0.717) is 0 Å². The molecule has 0 spiro atoms. The van der Waals surface area contributed by atoms with E-state index in [0.717, 1.165) is 33.1 Å². The van der Waals surface area contributed by atoms with Crippen molar-refractivity contribution in [3.05, 3.63) is 170 Å². The molecule has 49 heavy (non-hydrogen) atoms. The van der Waals surface area contributed by atoms with Crippen LogP contribution in [0.2, 0.25) is 0 Å². The van der Waals surface area contributed by atoms with Crippen LogP contribution >= 0.6 is 0 Å². The van der Waals surface area contributed by atoms with Crippen molar-refractivity contribution in [3.63, 3.8) is 0 Å². The highest BCUT2D eigenvalue weighted by Crippen LogP contribution is 2.47. The molecule has 0 N–H and O–H groups in total. The Labute approximate surface area is 282 Å². The molecule has 11 aromatic rings. The highest BCUT2D eigenvalue weighted by molar-refractivity contribution is 6.29. The SMILES string of the molecule is c1ccc(-c2ccc3ccc4c(-c5ccc(-c6ccc7ccccc7c6)c6oc7cc8ccccc8cc7c56)ccc5ccc2c3c54)cc1. The standard InChI is InChI=1S/C48H28O/c1-2-9-30(10-3-1)37-20-16-31-19-23-41-39(21-17-32-18-22-40(37)45(31)46(32)41)42-25-24-38(36-15-14-29-8-4-5-11-33(29)26-36)48-47(42)43-27-34-12-6-7-13-35(34)28-44(43)49-48/h1-28H. The molecule has 0 unspecified atom stereocenters. The molecule has 1 heterocycles. The normalized spacial score (nSPS) is 12.1. The Kier molecular flexibility index (Phi) is 5.45. The van der Waals surface area contributed by atoms with Crippen LogP contribution in [-0.4, -0.2) is 0 Å². The molecular formula is C48H28O. The molecule has 226 valence electrons. The number of benzene rings is 10. The minimum atomic E-state index is 0.911. The lowest BCUT2D eigenvalue weighted by molar-refractivity contribution is 0.670. The van der Waals surface area contributed by atoms with Gasteiger partial charge >= 0.3 is 0 Å². The largest absolute Gasteiger partial charge is 0.455 e. The van der Waals surface area contributed by atoms with Gasteiger partial charge in [0.25, 0.3) is 0 Å². The number of fused-ring (bicyclic) bond motifs is 5. The van der Waals surface area contributed by atoms with Crippen molar-refractivity contribution in [2.75, 3.05) is 0 Å². The first-order valence-corrected chi connectivity index (χ1v) is 16.9. The average Bonchev–Trinajstić information content (AvgIpc) is 3.54. The lowest BCUT2D eigenvalue weighted by Crippen LogP contribution is -1.90. The number of rotatable bonds is 3. The van der Waals surface area contributed by atoms with Gasteiger partial charge < -0.3 is 4.42 Å². The van der Waals surface area contributed by atoms with Gasteiger partial charge in [-0.2, -0.15) is 0 Å². The fourth-order valence-electron chi connectivity index (χ4n) is 8.28. The first kappa shape index (κ1) is 26.6. The molecule has 0 fully saturated rings. The van der Waals surface area contributed by atoms with Crippen LogP contribution in [0.25, 0.3) is 109 Å². The van der Waals surface area contributed by atoms with Gasteiger partial charge in [0.2, 0.25) is 0 Å². The van der Waals surface area contributed by atoms with Crippen LogP contribution in [0, 0.1) is 0 Å². The zero-order valence-corrected chi connectivity index (χ0v) is 26.6. The van der Waals surface area contributed by atoms with Crippen LogP contribution in [0.3, 0.4) is 0 Å². The second-order valence-electron chi connectivity index (χ2n) is 13.2. The third-order valence-electron chi connectivity index (χ3n) is 10.6. The molecule has 0 atom stereocenters. The third-order valence-corrected chi connectivity index (χ3v) is 10.6. The minimum Gasteiger partial charge on any atom is -0.455 e. The fraction of sp³-hybridized carbons (Fsp3) is 0. The van der Waals surface area contributed by atoms with E-state index in [4.69, 9.17) is 4.42 Å². The molecule has 11 rings (SSSR count). The van der Waals surface area contributed by atoms with Crippen LogP contribution in [0.1, 0.15) is 0 Å². The predicted octanol–water partition coefficient (Wildman–Crippen LogP) is 13.8.